The van der Waals surface area contributed by atoms with E-state index in [-0.39, 0.29) is 30.6 Å². The second-order valence-electron chi connectivity index (χ2n) is 4.05. The van der Waals surface area contributed by atoms with Crippen LogP contribution >= 0.6 is 24.8 Å². The summed E-state index contributed by atoms with van der Waals surface area (Å²) in [5, 5.41) is 3.18. The van der Waals surface area contributed by atoms with Crippen LogP contribution in [0, 0.1) is 5.82 Å². The van der Waals surface area contributed by atoms with Gasteiger partial charge in [0.2, 0.25) is 0 Å². The Morgan fingerprint density at radius 2 is 1.67 bits per heavy atom. The summed E-state index contributed by atoms with van der Waals surface area (Å²) < 4.78 is 26.5. The normalized spacial score (nSPS) is 17.4. The van der Waals surface area contributed by atoms with E-state index in [0.29, 0.717) is 6.42 Å². The smallest absolute Gasteiger partial charge is 0.157 e. The second-order valence-corrected chi connectivity index (χ2v) is 4.05. The van der Waals surface area contributed by atoms with Crippen LogP contribution in [0.3, 0.4) is 0 Å². The van der Waals surface area contributed by atoms with E-state index < -0.39 is 6.30 Å². The van der Waals surface area contributed by atoms with Gasteiger partial charge in [0.05, 0.1) is 0 Å². The molecule has 0 spiro atoms. The molecule has 1 aliphatic heterocycles. The second kappa shape index (κ2) is 8.64. The average Bonchev–Trinajstić information content (AvgIpc) is 2.33. The number of alkyl halides is 1. The molecule has 1 atom stereocenters. The number of hydrogen-bond donors (Lipinski definition) is 1. The van der Waals surface area contributed by atoms with Crippen LogP contribution in [0.4, 0.5) is 8.78 Å². The van der Waals surface area contributed by atoms with Crippen molar-refractivity contribution < 1.29 is 8.78 Å². The van der Waals surface area contributed by atoms with Crippen molar-refractivity contribution in [3.05, 3.63) is 35.6 Å². The summed E-state index contributed by atoms with van der Waals surface area (Å²) in [7, 11) is 0. The minimum absolute atomic E-state index is 0. The van der Waals surface area contributed by atoms with Crippen LogP contribution in [0.5, 0.6) is 0 Å². The van der Waals surface area contributed by atoms with E-state index in [9.17, 15) is 8.78 Å². The summed E-state index contributed by atoms with van der Waals surface area (Å²) in [5.41, 5.74) is 0.840. The number of nitrogens with zero attached hydrogens (tertiary/aromatic N) is 1. The molecule has 1 N–H and O–H groups in total. The molecule has 1 heterocycles. The Kier molecular flexibility index (Phi) is 8.44. The lowest BCUT2D eigenvalue weighted by atomic mass is 10.1. The van der Waals surface area contributed by atoms with Gasteiger partial charge in [0.25, 0.3) is 0 Å². The van der Waals surface area contributed by atoms with E-state index in [4.69, 9.17) is 0 Å². The first kappa shape index (κ1) is 17.6. The Balaban J connectivity index is 0.00000144. The van der Waals surface area contributed by atoms with Gasteiger partial charge < -0.3 is 5.32 Å². The fourth-order valence-electron chi connectivity index (χ4n) is 1.91. The van der Waals surface area contributed by atoms with Crippen molar-refractivity contribution in [2.75, 3.05) is 26.2 Å². The predicted octanol–water partition coefficient (Wildman–Crippen LogP) is 2.41. The number of benzene rings is 1. The third-order valence-electron chi connectivity index (χ3n) is 2.87. The van der Waals surface area contributed by atoms with Gasteiger partial charge in [0, 0.05) is 32.6 Å². The van der Waals surface area contributed by atoms with Crippen molar-refractivity contribution in [3.8, 4) is 0 Å². The molecule has 6 heteroatoms. The average molecular weight is 299 g/mol. The maximum atomic E-state index is 13.9. The highest BCUT2D eigenvalue weighted by Crippen LogP contribution is 2.11. The predicted molar refractivity (Wildman–Crippen MR) is 73.9 cm³/mol. The van der Waals surface area contributed by atoms with Crippen LogP contribution in [0.1, 0.15) is 5.56 Å². The Bertz CT molecular complexity index is 329. The van der Waals surface area contributed by atoms with E-state index >= 15 is 0 Å². The van der Waals surface area contributed by atoms with Gasteiger partial charge in [-0.05, 0) is 17.7 Å². The van der Waals surface area contributed by atoms with Crippen molar-refractivity contribution in [1.82, 2.24) is 10.2 Å². The zero-order valence-electron chi connectivity index (χ0n) is 9.94. The highest BCUT2D eigenvalue weighted by molar-refractivity contribution is 5.85. The zero-order valence-corrected chi connectivity index (χ0v) is 11.6. The molecule has 2 rings (SSSR count). The van der Waals surface area contributed by atoms with Gasteiger partial charge in [-0.15, -0.1) is 24.8 Å². The molecule has 2 nitrogen and oxygen atoms in total. The van der Waals surface area contributed by atoms with Crippen LogP contribution in [-0.4, -0.2) is 37.4 Å². The van der Waals surface area contributed by atoms with Crippen LogP contribution in [-0.2, 0) is 6.42 Å². The lowest BCUT2D eigenvalue weighted by Crippen LogP contribution is -2.47. The molecular weight excluding hydrogens is 281 g/mol. The molecule has 0 radical (unpaired) electrons. The maximum absolute atomic E-state index is 13.9. The summed E-state index contributed by atoms with van der Waals surface area (Å²) in [4.78, 5) is 1.82. The molecule has 1 fully saturated rings. The van der Waals surface area contributed by atoms with Gasteiger partial charge in [0.1, 0.15) is 5.82 Å². The van der Waals surface area contributed by atoms with E-state index in [1.165, 1.54) is 12.1 Å². The van der Waals surface area contributed by atoms with E-state index in [0.717, 1.165) is 31.7 Å². The van der Waals surface area contributed by atoms with E-state index in [2.05, 4.69) is 5.32 Å². The van der Waals surface area contributed by atoms with Crippen LogP contribution in [0.15, 0.2) is 24.3 Å². The first-order chi connectivity index (χ1) is 7.75. The first-order valence-electron chi connectivity index (χ1n) is 5.59. The van der Waals surface area contributed by atoms with Crippen molar-refractivity contribution in [2.24, 2.45) is 0 Å². The fourth-order valence-corrected chi connectivity index (χ4v) is 1.91. The molecule has 18 heavy (non-hydrogen) atoms. The Labute approximate surface area is 119 Å². The third-order valence-corrected chi connectivity index (χ3v) is 2.87. The topological polar surface area (TPSA) is 15.3 Å². The van der Waals surface area contributed by atoms with Gasteiger partial charge in [-0.25, -0.2) is 8.78 Å². The molecular formula is C12H18Cl2F2N2. The molecule has 0 aromatic heterocycles. The number of piperazine rings is 1. The van der Waals surface area contributed by atoms with Gasteiger partial charge in [-0.3, -0.25) is 4.90 Å². The number of nitrogens with one attached hydrogen (secondary N) is 1. The summed E-state index contributed by atoms with van der Waals surface area (Å²) in [5.74, 6) is -0.277. The summed E-state index contributed by atoms with van der Waals surface area (Å²) in [6.45, 7) is 3.15. The lowest BCUT2D eigenvalue weighted by Gasteiger charge is -2.30. The fraction of sp³-hybridized carbons (Fsp3) is 0.500. The monoisotopic (exact) mass is 298 g/mol. The maximum Gasteiger partial charge on any atom is 0.157 e. The molecule has 0 aliphatic carbocycles. The molecule has 1 aromatic carbocycles. The molecule has 1 unspecified atom stereocenters. The quantitative estimate of drug-likeness (QED) is 0.862. The molecule has 1 aliphatic rings. The van der Waals surface area contributed by atoms with Crippen LogP contribution in [0.25, 0.3) is 0 Å². The first-order valence-corrected chi connectivity index (χ1v) is 5.59. The van der Waals surface area contributed by atoms with Crippen molar-refractivity contribution in [3.63, 3.8) is 0 Å². The SMILES string of the molecule is Cl.Cl.Fc1ccc(CC(F)N2CCNCC2)cc1. The Morgan fingerprint density at radius 3 is 2.22 bits per heavy atom. The number of halogens is 4. The number of rotatable bonds is 3. The minimum Gasteiger partial charge on any atom is -0.314 e. The minimum atomic E-state index is -0.965. The van der Waals surface area contributed by atoms with Crippen LogP contribution < -0.4 is 5.32 Å². The van der Waals surface area contributed by atoms with Gasteiger partial charge in [0.15, 0.2) is 6.30 Å². The van der Waals surface area contributed by atoms with Crippen molar-refractivity contribution >= 4 is 24.8 Å². The highest BCUT2D eigenvalue weighted by atomic mass is 35.5. The van der Waals surface area contributed by atoms with Gasteiger partial charge in [-0.1, -0.05) is 12.1 Å². The summed E-state index contributed by atoms with van der Waals surface area (Å²) in [6, 6.07) is 6.04. The van der Waals surface area contributed by atoms with E-state index in [1.807, 2.05) is 4.90 Å². The largest absolute Gasteiger partial charge is 0.314 e. The van der Waals surface area contributed by atoms with Gasteiger partial charge in [-0.2, -0.15) is 0 Å². The van der Waals surface area contributed by atoms with Crippen LogP contribution in [0.2, 0.25) is 0 Å². The summed E-state index contributed by atoms with van der Waals surface area (Å²) in [6.07, 6.45) is -0.632. The highest BCUT2D eigenvalue weighted by Gasteiger charge is 2.19. The molecule has 1 saturated heterocycles. The molecule has 0 saturated carbocycles. The van der Waals surface area contributed by atoms with Crippen molar-refractivity contribution in [1.29, 1.82) is 0 Å². The number of hydrogen-bond acceptors (Lipinski definition) is 2. The zero-order chi connectivity index (χ0) is 11.4. The Hall–Kier alpha value is -0.420. The van der Waals surface area contributed by atoms with E-state index in [1.54, 1.807) is 12.1 Å². The standard InChI is InChI=1S/C12H16F2N2.2ClH/c13-11-3-1-10(2-4-11)9-12(14)16-7-5-15-6-8-16;;/h1-4,12,15H,5-9H2;2*1H. The van der Waals surface area contributed by atoms with Crippen molar-refractivity contribution in [2.45, 2.75) is 12.7 Å². The molecule has 0 amide bonds. The molecule has 0 bridgehead atoms. The van der Waals surface area contributed by atoms with Gasteiger partial charge >= 0.3 is 0 Å². The molecule has 104 valence electrons. The summed E-state index contributed by atoms with van der Waals surface area (Å²) >= 11 is 0. The molecule has 1 aromatic rings. The third kappa shape index (κ3) is 5.06. The Morgan fingerprint density at radius 1 is 1.11 bits per heavy atom. The lowest BCUT2D eigenvalue weighted by molar-refractivity contribution is 0.0705.